The smallest absolute Gasteiger partial charge is 0.119 e. The van der Waals surface area contributed by atoms with Crippen molar-refractivity contribution in [1.29, 1.82) is 0 Å². The van der Waals surface area contributed by atoms with Gasteiger partial charge in [-0.2, -0.15) is 0 Å². The van der Waals surface area contributed by atoms with Crippen LogP contribution in [0, 0.1) is 23.2 Å². The Morgan fingerprint density at radius 2 is 2.11 bits per heavy atom. The van der Waals surface area contributed by atoms with Crippen molar-refractivity contribution in [2.75, 3.05) is 20.2 Å². The largest absolute Gasteiger partial charge is 0.497 e. The molecule has 6 aliphatic rings. The quantitative estimate of drug-likeness (QED) is 0.867. The number of hydrogen-bond acceptors (Lipinski definition) is 3. The molecule has 3 saturated carbocycles. The molecule has 2 aliphatic heterocycles. The van der Waals surface area contributed by atoms with Gasteiger partial charge in [0.1, 0.15) is 5.75 Å². The second-order valence-corrected chi connectivity index (χ2v) is 11.1. The maximum atomic E-state index is 5.73. The molecule has 1 aromatic rings. The molecule has 1 N–H and O–H groups in total. The summed E-state index contributed by atoms with van der Waals surface area (Å²) in [7, 11) is 1.84. The first kappa shape index (κ1) is 16.7. The number of rotatable bonds is 3. The number of hydrogen-bond donors (Lipinski definition) is 1. The number of piperidine rings is 1. The Morgan fingerprint density at radius 3 is 2.93 bits per heavy atom. The lowest BCUT2D eigenvalue weighted by Crippen LogP contribution is -2.69. The molecule has 3 nitrogen and oxygen atoms in total. The van der Waals surface area contributed by atoms with E-state index in [1.165, 1.54) is 58.0 Å². The van der Waals surface area contributed by atoms with Gasteiger partial charge in [0.05, 0.1) is 7.11 Å². The monoisotopic (exact) mass is 378 g/mol. The Hall–Kier alpha value is -1.06. The standard InChI is InChI=1S/C25H34N2O/c1-15-19-13-24-8-7-21(26-15)23(19)25(24)9-10-27(14-16-3-4-16)22(24)11-17-5-6-18(28-2)12-20(17)25/h5-6,12,15-16,19,21-23,26H,3-4,7-11,13-14H2,1-2H3/t15-,19-,21?,22?,23?,24?,25?/m1/s1. The van der Waals surface area contributed by atoms with Gasteiger partial charge in [-0.25, -0.2) is 0 Å². The molecule has 5 fully saturated rings. The predicted molar refractivity (Wildman–Crippen MR) is 111 cm³/mol. The lowest BCUT2D eigenvalue weighted by molar-refractivity contribution is -0.0944. The minimum absolute atomic E-state index is 0.394. The summed E-state index contributed by atoms with van der Waals surface area (Å²) in [5.41, 5.74) is 4.25. The summed E-state index contributed by atoms with van der Waals surface area (Å²) < 4.78 is 5.73. The maximum Gasteiger partial charge on any atom is 0.119 e. The van der Waals surface area contributed by atoms with Gasteiger partial charge in [-0.15, -0.1) is 0 Å². The van der Waals surface area contributed by atoms with E-state index in [0.717, 1.165) is 35.6 Å². The van der Waals surface area contributed by atoms with Crippen molar-refractivity contribution < 1.29 is 4.74 Å². The Balaban J connectivity index is 1.44. The third-order valence-electron chi connectivity index (χ3n) is 10.2. The summed E-state index contributed by atoms with van der Waals surface area (Å²) in [5, 5.41) is 4.04. The fourth-order valence-corrected chi connectivity index (χ4v) is 9.21. The van der Waals surface area contributed by atoms with Gasteiger partial charge >= 0.3 is 0 Å². The molecule has 2 saturated heterocycles. The topological polar surface area (TPSA) is 24.5 Å². The highest BCUT2D eigenvalue weighted by Crippen LogP contribution is 2.75. The number of nitrogens with zero attached hydrogens (tertiary/aromatic N) is 1. The van der Waals surface area contributed by atoms with E-state index in [4.69, 9.17) is 4.74 Å². The van der Waals surface area contributed by atoms with Crippen molar-refractivity contribution in [3.63, 3.8) is 0 Å². The molecular weight excluding hydrogens is 344 g/mol. The van der Waals surface area contributed by atoms with Crippen molar-refractivity contribution in [2.24, 2.45) is 23.2 Å². The Bertz CT molecular complexity index is 834. The molecule has 3 heteroatoms. The van der Waals surface area contributed by atoms with Crippen molar-refractivity contribution in [1.82, 2.24) is 10.2 Å². The number of ether oxygens (including phenoxy) is 1. The molecule has 7 atom stereocenters. The molecule has 4 aliphatic carbocycles. The van der Waals surface area contributed by atoms with Crippen LogP contribution < -0.4 is 10.1 Å². The van der Waals surface area contributed by atoms with Gasteiger partial charge in [0, 0.05) is 30.1 Å². The van der Waals surface area contributed by atoms with Crippen molar-refractivity contribution in [3.8, 4) is 5.75 Å². The van der Waals surface area contributed by atoms with E-state index in [1.807, 2.05) is 7.11 Å². The van der Waals surface area contributed by atoms with E-state index in [0.29, 0.717) is 16.9 Å². The van der Waals surface area contributed by atoms with Crippen LogP contribution in [-0.2, 0) is 11.8 Å². The van der Waals surface area contributed by atoms with Gasteiger partial charge in [-0.05, 0) is 105 Å². The van der Waals surface area contributed by atoms with Gasteiger partial charge in [0.2, 0.25) is 0 Å². The predicted octanol–water partition coefficient (Wildman–Crippen LogP) is 3.75. The molecule has 4 bridgehead atoms. The maximum absolute atomic E-state index is 5.73. The van der Waals surface area contributed by atoms with E-state index >= 15 is 0 Å². The van der Waals surface area contributed by atoms with Crippen LogP contribution in [0.15, 0.2) is 18.2 Å². The number of likely N-dealkylation sites (tertiary alicyclic amines) is 1. The molecule has 0 amide bonds. The number of methoxy groups -OCH3 is 1. The molecule has 0 spiro atoms. The van der Waals surface area contributed by atoms with Gasteiger partial charge in [0.25, 0.3) is 0 Å². The second kappa shape index (κ2) is 5.35. The Labute approximate surface area is 169 Å². The molecule has 150 valence electrons. The molecule has 5 unspecified atom stereocenters. The fourth-order valence-electron chi connectivity index (χ4n) is 9.21. The van der Waals surface area contributed by atoms with Crippen LogP contribution in [0.5, 0.6) is 5.75 Å². The average Bonchev–Trinajstić information content (AvgIpc) is 3.41. The van der Waals surface area contributed by atoms with Crippen LogP contribution in [0.3, 0.4) is 0 Å². The third-order valence-corrected chi connectivity index (χ3v) is 10.2. The lowest BCUT2D eigenvalue weighted by atomic mass is 9.43. The number of benzene rings is 1. The average molecular weight is 379 g/mol. The van der Waals surface area contributed by atoms with Crippen LogP contribution in [0.1, 0.15) is 56.6 Å². The zero-order valence-electron chi connectivity index (χ0n) is 17.4. The molecule has 0 radical (unpaired) electrons. The minimum atomic E-state index is 0.394. The highest BCUT2D eigenvalue weighted by Gasteiger charge is 2.75. The third kappa shape index (κ3) is 1.81. The summed E-state index contributed by atoms with van der Waals surface area (Å²) in [6.07, 6.45) is 9.91. The lowest BCUT2D eigenvalue weighted by Gasteiger charge is -2.66. The first-order valence-electron chi connectivity index (χ1n) is 11.8. The van der Waals surface area contributed by atoms with Gasteiger partial charge < -0.3 is 10.1 Å². The molecule has 0 aromatic heterocycles. The Kier molecular flexibility index (Phi) is 3.19. The molecular formula is C25H34N2O. The van der Waals surface area contributed by atoms with Gasteiger partial charge in [-0.1, -0.05) is 6.07 Å². The summed E-state index contributed by atoms with van der Waals surface area (Å²) in [4.78, 5) is 2.97. The minimum Gasteiger partial charge on any atom is -0.497 e. The van der Waals surface area contributed by atoms with Crippen LogP contribution >= 0.6 is 0 Å². The SMILES string of the molecule is COc1ccc2c(c1)C13CCN(CC4CC4)C(C2)C12CCC1N[C@H](C)[C@@H](C2)C13. The second-order valence-electron chi connectivity index (χ2n) is 11.1. The van der Waals surface area contributed by atoms with E-state index < -0.39 is 0 Å². The van der Waals surface area contributed by atoms with Crippen LogP contribution in [0.2, 0.25) is 0 Å². The fraction of sp³-hybridized carbons (Fsp3) is 0.760. The normalized spacial score (nSPS) is 48.3. The summed E-state index contributed by atoms with van der Waals surface area (Å²) >= 11 is 0. The molecule has 1 aromatic carbocycles. The molecule has 28 heavy (non-hydrogen) atoms. The summed E-state index contributed by atoms with van der Waals surface area (Å²) in [6.45, 7) is 5.17. The number of nitrogens with one attached hydrogen (secondary N) is 1. The molecule has 7 rings (SSSR count). The van der Waals surface area contributed by atoms with Crippen molar-refractivity contribution in [2.45, 2.75) is 75.4 Å². The highest BCUT2D eigenvalue weighted by molar-refractivity contribution is 5.51. The van der Waals surface area contributed by atoms with E-state index in [9.17, 15) is 0 Å². The van der Waals surface area contributed by atoms with Crippen molar-refractivity contribution in [3.05, 3.63) is 29.3 Å². The van der Waals surface area contributed by atoms with Crippen LogP contribution in [-0.4, -0.2) is 43.2 Å². The van der Waals surface area contributed by atoms with Gasteiger partial charge in [-0.3, -0.25) is 4.90 Å². The highest BCUT2D eigenvalue weighted by atomic mass is 16.5. The zero-order valence-corrected chi connectivity index (χ0v) is 17.4. The first-order valence-corrected chi connectivity index (χ1v) is 11.8. The molecule has 2 heterocycles. The first-order chi connectivity index (χ1) is 13.7. The summed E-state index contributed by atoms with van der Waals surface area (Å²) in [5.74, 6) is 3.78. The van der Waals surface area contributed by atoms with E-state index in [2.05, 4.69) is 35.3 Å². The van der Waals surface area contributed by atoms with Crippen LogP contribution in [0.4, 0.5) is 0 Å². The van der Waals surface area contributed by atoms with Crippen LogP contribution in [0.25, 0.3) is 0 Å². The Morgan fingerprint density at radius 1 is 1.21 bits per heavy atom. The zero-order chi connectivity index (χ0) is 18.7. The van der Waals surface area contributed by atoms with Crippen molar-refractivity contribution >= 4 is 0 Å². The summed E-state index contributed by atoms with van der Waals surface area (Å²) in [6, 6.07) is 9.31. The number of fused-ring (bicyclic) bond motifs is 1. The van der Waals surface area contributed by atoms with E-state index in [1.54, 1.807) is 11.1 Å². The van der Waals surface area contributed by atoms with Gasteiger partial charge in [0.15, 0.2) is 0 Å². The van der Waals surface area contributed by atoms with E-state index in [-0.39, 0.29) is 0 Å².